The Labute approximate surface area is 161 Å². The molecule has 0 radical (unpaired) electrons. The maximum Gasteiger partial charge on any atom is 0.241 e. The van der Waals surface area contributed by atoms with Gasteiger partial charge in [0.2, 0.25) is 5.91 Å². The van der Waals surface area contributed by atoms with Crippen LogP contribution in [0.25, 0.3) is 0 Å². The standard InChI is InChI=1S/C22H29N3O2/c1-3-27-21-11-9-20(10-12-21)23-22(26)18(2)25-15-13-24(14-16-25)17-19-7-5-4-6-8-19/h4-12,18H,3,13-17H2,1-2H3,(H,23,26)/t18-/m1/s1. The van der Waals surface area contributed by atoms with Crippen LogP contribution in [0.4, 0.5) is 5.69 Å². The van der Waals surface area contributed by atoms with Crippen LogP contribution in [0.15, 0.2) is 54.6 Å². The fraction of sp³-hybridized carbons (Fsp3) is 0.409. The number of amides is 1. The Morgan fingerprint density at radius 2 is 1.70 bits per heavy atom. The van der Waals surface area contributed by atoms with Crippen molar-refractivity contribution in [2.75, 3.05) is 38.1 Å². The lowest BCUT2D eigenvalue weighted by atomic mass is 10.1. The molecule has 1 amide bonds. The molecule has 2 aromatic carbocycles. The molecule has 0 spiro atoms. The Bertz CT molecular complexity index is 710. The third-order valence-corrected chi connectivity index (χ3v) is 5.02. The summed E-state index contributed by atoms with van der Waals surface area (Å²) >= 11 is 0. The molecular weight excluding hydrogens is 338 g/mol. The molecular formula is C22H29N3O2. The molecule has 5 nitrogen and oxygen atoms in total. The van der Waals surface area contributed by atoms with Crippen LogP contribution in [0.1, 0.15) is 19.4 Å². The second-order valence-electron chi connectivity index (χ2n) is 6.92. The van der Waals surface area contributed by atoms with Gasteiger partial charge in [0.1, 0.15) is 5.75 Å². The molecule has 1 N–H and O–H groups in total. The van der Waals surface area contributed by atoms with Gasteiger partial charge in [0, 0.05) is 38.4 Å². The first kappa shape index (κ1) is 19.4. The zero-order chi connectivity index (χ0) is 19.1. The van der Waals surface area contributed by atoms with Gasteiger partial charge >= 0.3 is 0 Å². The maximum absolute atomic E-state index is 12.6. The molecule has 1 heterocycles. The Kier molecular flexibility index (Phi) is 6.85. The Morgan fingerprint density at radius 3 is 2.33 bits per heavy atom. The zero-order valence-electron chi connectivity index (χ0n) is 16.2. The van der Waals surface area contributed by atoms with E-state index in [1.807, 2.05) is 44.2 Å². The molecule has 0 unspecified atom stereocenters. The second kappa shape index (κ2) is 9.53. The first-order valence-electron chi connectivity index (χ1n) is 9.69. The average molecular weight is 367 g/mol. The maximum atomic E-state index is 12.6. The zero-order valence-corrected chi connectivity index (χ0v) is 16.2. The van der Waals surface area contributed by atoms with Crippen LogP contribution in [0.3, 0.4) is 0 Å². The predicted molar refractivity (Wildman–Crippen MR) is 109 cm³/mol. The molecule has 0 bridgehead atoms. The highest BCUT2D eigenvalue weighted by atomic mass is 16.5. The van der Waals surface area contributed by atoms with Crippen molar-refractivity contribution < 1.29 is 9.53 Å². The highest BCUT2D eigenvalue weighted by Gasteiger charge is 2.25. The number of hydrogen-bond donors (Lipinski definition) is 1. The third kappa shape index (κ3) is 5.55. The van der Waals surface area contributed by atoms with Crippen LogP contribution < -0.4 is 10.1 Å². The second-order valence-corrected chi connectivity index (χ2v) is 6.92. The fourth-order valence-corrected chi connectivity index (χ4v) is 3.36. The lowest BCUT2D eigenvalue weighted by Gasteiger charge is -2.37. The van der Waals surface area contributed by atoms with Crippen molar-refractivity contribution in [2.45, 2.75) is 26.4 Å². The number of nitrogens with one attached hydrogen (secondary N) is 1. The molecule has 0 aliphatic carbocycles. The van der Waals surface area contributed by atoms with Crippen molar-refractivity contribution in [1.82, 2.24) is 9.80 Å². The van der Waals surface area contributed by atoms with E-state index < -0.39 is 0 Å². The van der Waals surface area contributed by atoms with E-state index in [-0.39, 0.29) is 11.9 Å². The van der Waals surface area contributed by atoms with Gasteiger partial charge < -0.3 is 10.1 Å². The van der Waals surface area contributed by atoms with E-state index in [2.05, 4.69) is 39.4 Å². The summed E-state index contributed by atoms with van der Waals surface area (Å²) in [7, 11) is 0. The number of anilines is 1. The molecule has 2 aromatic rings. The molecule has 1 fully saturated rings. The summed E-state index contributed by atoms with van der Waals surface area (Å²) < 4.78 is 5.44. The molecule has 144 valence electrons. The van der Waals surface area contributed by atoms with Crippen molar-refractivity contribution in [1.29, 1.82) is 0 Å². The number of benzene rings is 2. The first-order chi connectivity index (χ1) is 13.2. The predicted octanol–water partition coefficient (Wildman–Crippen LogP) is 3.23. The molecule has 3 rings (SSSR count). The van der Waals surface area contributed by atoms with Crippen molar-refractivity contribution in [3.8, 4) is 5.75 Å². The highest BCUT2D eigenvalue weighted by molar-refractivity contribution is 5.94. The topological polar surface area (TPSA) is 44.8 Å². The van der Waals surface area contributed by atoms with Crippen LogP contribution in [-0.4, -0.2) is 54.5 Å². The van der Waals surface area contributed by atoms with Gasteiger partial charge in [0.25, 0.3) is 0 Å². The van der Waals surface area contributed by atoms with Crippen LogP contribution in [0.5, 0.6) is 5.75 Å². The van der Waals surface area contributed by atoms with Gasteiger partial charge in [-0.25, -0.2) is 0 Å². The molecule has 1 saturated heterocycles. The molecule has 1 aliphatic rings. The summed E-state index contributed by atoms with van der Waals surface area (Å²) in [5.41, 5.74) is 2.14. The monoisotopic (exact) mass is 367 g/mol. The molecule has 1 aliphatic heterocycles. The van der Waals surface area contributed by atoms with Crippen LogP contribution in [-0.2, 0) is 11.3 Å². The van der Waals surface area contributed by atoms with Gasteiger partial charge in [-0.3, -0.25) is 14.6 Å². The lowest BCUT2D eigenvalue weighted by molar-refractivity contribution is -0.121. The van der Waals surface area contributed by atoms with Crippen molar-refractivity contribution in [3.63, 3.8) is 0 Å². The largest absolute Gasteiger partial charge is 0.494 e. The van der Waals surface area contributed by atoms with Crippen molar-refractivity contribution >= 4 is 11.6 Å². The first-order valence-corrected chi connectivity index (χ1v) is 9.69. The molecule has 0 saturated carbocycles. The van der Waals surface area contributed by atoms with Gasteiger partial charge in [-0.2, -0.15) is 0 Å². The fourth-order valence-electron chi connectivity index (χ4n) is 3.36. The van der Waals surface area contributed by atoms with E-state index in [1.165, 1.54) is 5.56 Å². The van der Waals surface area contributed by atoms with E-state index >= 15 is 0 Å². The number of hydrogen-bond acceptors (Lipinski definition) is 4. The lowest BCUT2D eigenvalue weighted by Crippen LogP contribution is -2.52. The van der Waals surface area contributed by atoms with Gasteiger partial charge in [0.15, 0.2) is 0 Å². The number of carbonyl (C=O) groups is 1. The molecule has 1 atom stereocenters. The summed E-state index contributed by atoms with van der Waals surface area (Å²) in [5, 5.41) is 3.01. The van der Waals surface area contributed by atoms with E-state index in [4.69, 9.17) is 4.74 Å². The smallest absolute Gasteiger partial charge is 0.241 e. The van der Waals surface area contributed by atoms with E-state index in [0.29, 0.717) is 6.61 Å². The van der Waals surface area contributed by atoms with E-state index in [1.54, 1.807) is 0 Å². The SMILES string of the molecule is CCOc1ccc(NC(=O)[C@@H](C)N2CCN(Cc3ccccc3)CC2)cc1. The van der Waals surface area contributed by atoms with E-state index in [0.717, 1.165) is 44.2 Å². The van der Waals surface area contributed by atoms with Gasteiger partial charge in [-0.1, -0.05) is 30.3 Å². The molecule has 27 heavy (non-hydrogen) atoms. The number of rotatable bonds is 7. The highest BCUT2D eigenvalue weighted by Crippen LogP contribution is 2.17. The summed E-state index contributed by atoms with van der Waals surface area (Å²) in [6, 6.07) is 17.9. The van der Waals surface area contributed by atoms with Gasteiger partial charge in [0.05, 0.1) is 12.6 Å². The number of carbonyl (C=O) groups excluding carboxylic acids is 1. The van der Waals surface area contributed by atoms with Crippen molar-refractivity contribution in [3.05, 3.63) is 60.2 Å². The minimum Gasteiger partial charge on any atom is -0.494 e. The summed E-state index contributed by atoms with van der Waals surface area (Å²) in [5.74, 6) is 0.855. The number of nitrogens with zero attached hydrogens (tertiary/aromatic N) is 2. The molecule has 5 heteroatoms. The number of piperazine rings is 1. The van der Waals surface area contributed by atoms with Crippen LogP contribution in [0, 0.1) is 0 Å². The summed E-state index contributed by atoms with van der Waals surface area (Å²) in [4.78, 5) is 17.3. The minimum absolute atomic E-state index is 0.0377. The minimum atomic E-state index is -0.143. The molecule has 0 aromatic heterocycles. The Hall–Kier alpha value is -2.37. The van der Waals surface area contributed by atoms with Crippen molar-refractivity contribution in [2.24, 2.45) is 0 Å². The summed E-state index contributed by atoms with van der Waals surface area (Å²) in [6.45, 7) is 9.33. The Morgan fingerprint density at radius 1 is 1.04 bits per heavy atom. The Balaban J connectivity index is 1.46. The van der Waals surface area contributed by atoms with Crippen LogP contribution >= 0.6 is 0 Å². The van der Waals surface area contributed by atoms with Gasteiger partial charge in [-0.05, 0) is 43.7 Å². The normalized spacial score (nSPS) is 16.7. The van der Waals surface area contributed by atoms with Crippen LogP contribution in [0.2, 0.25) is 0 Å². The quantitative estimate of drug-likeness (QED) is 0.816. The van der Waals surface area contributed by atoms with E-state index in [9.17, 15) is 4.79 Å². The number of ether oxygens (including phenoxy) is 1. The summed E-state index contributed by atoms with van der Waals surface area (Å²) in [6.07, 6.45) is 0. The van der Waals surface area contributed by atoms with Gasteiger partial charge in [-0.15, -0.1) is 0 Å². The average Bonchev–Trinajstić information content (AvgIpc) is 2.70. The third-order valence-electron chi connectivity index (χ3n) is 5.02.